The zero-order valence-electron chi connectivity index (χ0n) is 18.7. The normalized spacial score (nSPS) is 19.9. The molecule has 1 fully saturated rings. The molecule has 2 rings (SSSR count). The zero-order chi connectivity index (χ0) is 21.4. The number of hydrogen-bond donors (Lipinski definition) is 4. The number of hydrogen-bond acceptors (Lipinski definition) is 3. The van der Waals surface area contributed by atoms with Crippen LogP contribution in [0.15, 0.2) is 24.3 Å². The summed E-state index contributed by atoms with van der Waals surface area (Å²) in [7, 11) is 4.03. The van der Waals surface area contributed by atoms with Crippen molar-refractivity contribution in [2.24, 2.45) is 0 Å². The fourth-order valence-corrected chi connectivity index (χ4v) is 3.64. The second-order valence-electron chi connectivity index (χ2n) is 9.34. The Balaban J connectivity index is 1.72. The molecule has 0 radical (unpaired) electrons. The van der Waals surface area contributed by atoms with Crippen LogP contribution in [0.1, 0.15) is 32.8 Å². The van der Waals surface area contributed by atoms with Crippen molar-refractivity contribution in [2.45, 2.75) is 39.3 Å². The smallest absolute Gasteiger partial charge is 0.275 e. The highest BCUT2D eigenvalue weighted by Crippen LogP contribution is 2.11. The van der Waals surface area contributed by atoms with Crippen LogP contribution in [0.2, 0.25) is 0 Å². The highest BCUT2D eigenvalue weighted by atomic mass is 16.2. The van der Waals surface area contributed by atoms with Crippen LogP contribution in [-0.4, -0.2) is 70.7 Å². The molecule has 2 atom stereocenters. The van der Waals surface area contributed by atoms with Crippen LogP contribution >= 0.6 is 0 Å². The van der Waals surface area contributed by atoms with Crippen molar-refractivity contribution in [1.82, 2.24) is 10.6 Å². The van der Waals surface area contributed by atoms with Crippen LogP contribution in [0.25, 0.3) is 0 Å². The molecule has 0 bridgehead atoms. The van der Waals surface area contributed by atoms with Gasteiger partial charge in [0.1, 0.15) is 13.1 Å². The lowest BCUT2D eigenvalue weighted by Gasteiger charge is -2.22. The van der Waals surface area contributed by atoms with E-state index in [1.807, 2.05) is 34.9 Å². The monoisotopic (exact) mass is 405 g/mol. The molecule has 1 saturated heterocycles. The third-order valence-electron chi connectivity index (χ3n) is 5.17. The van der Waals surface area contributed by atoms with Gasteiger partial charge in [-0.25, -0.2) is 0 Å². The van der Waals surface area contributed by atoms with E-state index >= 15 is 0 Å². The fourth-order valence-electron chi connectivity index (χ4n) is 3.64. The third kappa shape index (κ3) is 8.83. The molecule has 0 aliphatic carbocycles. The van der Waals surface area contributed by atoms with E-state index in [0.717, 1.165) is 43.9 Å². The lowest BCUT2D eigenvalue weighted by atomic mass is 10.1. The van der Waals surface area contributed by atoms with Gasteiger partial charge in [0, 0.05) is 38.3 Å². The summed E-state index contributed by atoms with van der Waals surface area (Å²) in [6.07, 6.45) is 1.03. The highest BCUT2D eigenvalue weighted by Gasteiger charge is 2.25. The van der Waals surface area contributed by atoms with Gasteiger partial charge in [0.25, 0.3) is 11.8 Å². The Bertz CT molecular complexity index is 667. The molecule has 1 aliphatic heterocycles. The van der Waals surface area contributed by atoms with Gasteiger partial charge in [-0.1, -0.05) is 12.1 Å². The standard InChI is InChI=1S/C22H37N5O2/c1-22(2,3)24-21(29)17-27-12-6-11-26(13-14-27)16-20(28)23-15-18-7-9-19(10-8-18)25(4)5/h7-10H,6,11-17H2,1-5H3,(H,23,28)(H,24,29)/p+2. The summed E-state index contributed by atoms with van der Waals surface area (Å²) >= 11 is 0. The molecule has 1 aromatic carbocycles. The average Bonchev–Trinajstić information content (AvgIpc) is 2.84. The minimum Gasteiger partial charge on any atom is -0.378 e. The summed E-state index contributed by atoms with van der Waals surface area (Å²) in [6.45, 7) is 11.4. The highest BCUT2D eigenvalue weighted by molar-refractivity contribution is 5.77. The number of benzene rings is 1. The molecule has 1 aliphatic rings. The number of nitrogens with one attached hydrogen (secondary N) is 4. The van der Waals surface area contributed by atoms with Gasteiger partial charge in [0.05, 0.1) is 13.1 Å². The summed E-state index contributed by atoms with van der Waals surface area (Å²) in [4.78, 5) is 29.2. The van der Waals surface area contributed by atoms with Crippen LogP contribution < -0.4 is 25.3 Å². The predicted molar refractivity (Wildman–Crippen MR) is 116 cm³/mol. The van der Waals surface area contributed by atoms with E-state index in [2.05, 4.69) is 39.8 Å². The predicted octanol–water partition coefficient (Wildman–Crippen LogP) is -1.54. The minimum atomic E-state index is -0.190. The Morgan fingerprint density at radius 1 is 0.931 bits per heavy atom. The van der Waals surface area contributed by atoms with E-state index < -0.39 is 0 Å². The average molecular weight is 406 g/mol. The summed E-state index contributed by atoms with van der Waals surface area (Å²) in [5.74, 6) is 0.194. The maximum Gasteiger partial charge on any atom is 0.275 e. The van der Waals surface area contributed by atoms with Crippen LogP contribution in [0.4, 0.5) is 5.69 Å². The molecule has 2 unspecified atom stereocenters. The zero-order valence-corrected chi connectivity index (χ0v) is 18.7. The molecule has 162 valence electrons. The fraction of sp³-hybridized carbons (Fsp3) is 0.636. The van der Waals surface area contributed by atoms with Gasteiger partial charge in [-0.15, -0.1) is 0 Å². The first-order valence-corrected chi connectivity index (χ1v) is 10.6. The Morgan fingerprint density at radius 2 is 1.48 bits per heavy atom. The van der Waals surface area contributed by atoms with E-state index in [-0.39, 0.29) is 17.4 Å². The molecule has 29 heavy (non-hydrogen) atoms. The van der Waals surface area contributed by atoms with E-state index in [0.29, 0.717) is 19.6 Å². The van der Waals surface area contributed by atoms with Crippen LogP contribution in [-0.2, 0) is 16.1 Å². The lowest BCUT2D eigenvalue weighted by molar-refractivity contribution is -0.930. The Morgan fingerprint density at radius 3 is 2.00 bits per heavy atom. The molecule has 0 spiro atoms. The van der Waals surface area contributed by atoms with Crippen molar-refractivity contribution in [3.8, 4) is 0 Å². The number of anilines is 1. The first-order chi connectivity index (χ1) is 13.6. The van der Waals surface area contributed by atoms with E-state index in [1.165, 1.54) is 9.80 Å². The Hall–Kier alpha value is -2.12. The maximum atomic E-state index is 12.4. The third-order valence-corrected chi connectivity index (χ3v) is 5.17. The van der Waals surface area contributed by atoms with Crippen molar-refractivity contribution in [3.63, 3.8) is 0 Å². The summed E-state index contributed by atoms with van der Waals surface area (Å²) in [6, 6.07) is 8.24. The van der Waals surface area contributed by atoms with Crippen LogP contribution in [0.3, 0.4) is 0 Å². The molecule has 1 heterocycles. The van der Waals surface area contributed by atoms with Gasteiger partial charge < -0.3 is 25.3 Å². The van der Waals surface area contributed by atoms with Crippen LogP contribution in [0, 0.1) is 0 Å². The largest absolute Gasteiger partial charge is 0.378 e. The number of quaternary nitrogens is 2. The van der Waals surface area contributed by atoms with E-state index in [4.69, 9.17) is 0 Å². The summed E-state index contributed by atoms with van der Waals surface area (Å²) < 4.78 is 0. The maximum absolute atomic E-state index is 12.4. The number of amides is 2. The summed E-state index contributed by atoms with van der Waals surface area (Å²) in [5, 5.41) is 6.08. The van der Waals surface area contributed by atoms with Crippen molar-refractivity contribution in [3.05, 3.63) is 29.8 Å². The molecular formula is C22H39N5O2+2. The lowest BCUT2D eigenvalue weighted by Crippen LogP contribution is -3.18. The van der Waals surface area contributed by atoms with Crippen molar-refractivity contribution in [2.75, 3.05) is 58.3 Å². The van der Waals surface area contributed by atoms with Gasteiger partial charge in [0.2, 0.25) is 0 Å². The van der Waals surface area contributed by atoms with Crippen molar-refractivity contribution < 1.29 is 19.4 Å². The van der Waals surface area contributed by atoms with E-state index in [1.54, 1.807) is 0 Å². The first kappa shape index (κ1) is 23.2. The van der Waals surface area contributed by atoms with Crippen LogP contribution in [0.5, 0.6) is 0 Å². The Kier molecular flexibility index (Phi) is 8.46. The quantitative estimate of drug-likeness (QED) is 0.444. The topological polar surface area (TPSA) is 70.3 Å². The van der Waals surface area contributed by atoms with Gasteiger partial charge in [-0.05, 0) is 38.5 Å². The first-order valence-electron chi connectivity index (χ1n) is 10.6. The van der Waals surface area contributed by atoms with Gasteiger partial charge in [-0.2, -0.15) is 0 Å². The van der Waals surface area contributed by atoms with Gasteiger partial charge in [-0.3, -0.25) is 9.59 Å². The number of carbonyl (C=O) groups excluding carboxylic acids is 2. The number of nitrogens with zero attached hydrogens (tertiary/aromatic N) is 1. The van der Waals surface area contributed by atoms with E-state index in [9.17, 15) is 9.59 Å². The second-order valence-corrected chi connectivity index (χ2v) is 9.34. The number of rotatable bonds is 7. The van der Waals surface area contributed by atoms with Gasteiger partial charge >= 0.3 is 0 Å². The van der Waals surface area contributed by atoms with Crippen molar-refractivity contribution >= 4 is 17.5 Å². The molecule has 1 aromatic rings. The minimum absolute atomic E-state index is 0.0885. The Labute approximate surface area is 175 Å². The van der Waals surface area contributed by atoms with Crippen molar-refractivity contribution in [1.29, 1.82) is 0 Å². The van der Waals surface area contributed by atoms with Gasteiger partial charge in [0.15, 0.2) is 13.1 Å². The molecule has 7 nitrogen and oxygen atoms in total. The molecule has 0 aromatic heterocycles. The second kappa shape index (κ2) is 10.6. The SMILES string of the molecule is CN(C)c1ccc(CNC(=O)C[NH+]2CCC[NH+](CC(=O)NC(C)(C)C)CC2)cc1. The molecule has 4 N–H and O–H groups in total. The molecular weight excluding hydrogens is 366 g/mol. The molecule has 2 amide bonds. The molecule has 0 saturated carbocycles. The molecule has 7 heteroatoms. The summed E-state index contributed by atoms with van der Waals surface area (Å²) in [5.41, 5.74) is 2.07. The number of carbonyl (C=O) groups is 2.